The van der Waals surface area contributed by atoms with E-state index >= 15 is 0 Å². The Hall–Kier alpha value is -2.42. The predicted molar refractivity (Wildman–Crippen MR) is 111 cm³/mol. The Morgan fingerprint density at radius 1 is 1.21 bits per heavy atom. The first-order valence-corrected chi connectivity index (χ1v) is 9.92. The van der Waals surface area contributed by atoms with Gasteiger partial charge < -0.3 is 9.47 Å². The average Bonchev–Trinajstić information content (AvgIpc) is 3.16. The molecule has 0 bridgehead atoms. The number of hydrogen-bond donors (Lipinski definition) is 0. The fourth-order valence-corrected chi connectivity index (χ4v) is 3.26. The number of ether oxygens (including phenoxy) is 2. The number of ketones is 1. The van der Waals surface area contributed by atoms with Crippen molar-refractivity contribution in [3.63, 3.8) is 0 Å². The minimum atomic E-state index is -0.523. The van der Waals surface area contributed by atoms with Crippen molar-refractivity contribution in [2.75, 3.05) is 13.2 Å². The second kappa shape index (κ2) is 9.39. The van der Waals surface area contributed by atoms with Crippen LogP contribution >= 0.6 is 39.1 Å². The molecule has 0 atom stereocenters. The van der Waals surface area contributed by atoms with Gasteiger partial charge in [0, 0.05) is 16.9 Å². The maximum atomic E-state index is 13.0. The van der Waals surface area contributed by atoms with Gasteiger partial charge in [0.2, 0.25) is 0 Å². The first-order chi connectivity index (χ1) is 13.9. The zero-order valence-electron chi connectivity index (χ0n) is 15.1. The van der Waals surface area contributed by atoms with Crippen molar-refractivity contribution in [2.24, 2.45) is 0 Å². The van der Waals surface area contributed by atoms with E-state index < -0.39 is 5.97 Å². The lowest BCUT2D eigenvalue weighted by molar-refractivity contribution is -0.145. The van der Waals surface area contributed by atoms with E-state index in [1.165, 1.54) is 29.3 Å². The molecule has 0 aliphatic carbocycles. The highest BCUT2D eigenvalue weighted by atomic mass is 79.9. The number of nitrogens with zero attached hydrogens (tertiary/aromatic N) is 3. The van der Waals surface area contributed by atoms with Gasteiger partial charge in [-0.2, -0.15) is 5.10 Å². The number of benzene rings is 1. The number of aromatic nitrogens is 3. The molecule has 0 N–H and O–H groups in total. The number of rotatable bonds is 7. The zero-order valence-corrected chi connectivity index (χ0v) is 18.2. The number of pyridine rings is 1. The highest BCUT2D eigenvalue weighted by Gasteiger charge is 2.19. The van der Waals surface area contributed by atoms with E-state index in [9.17, 15) is 9.59 Å². The third-order valence-electron chi connectivity index (χ3n) is 3.69. The SMILES string of the molecule is CCOC(=O)COc1ccc(Br)cc1C(=O)c1cnn(-c2ncc(Cl)cc2Cl)c1. The lowest BCUT2D eigenvalue weighted by Crippen LogP contribution is -2.16. The van der Waals surface area contributed by atoms with Crippen molar-refractivity contribution in [2.45, 2.75) is 6.92 Å². The summed E-state index contributed by atoms with van der Waals surface area (Å²) < 4.78 is 12.4. The second-order valence-electron chi connectivity index (χ2n) is 5.70. The standard InChI is InChI=1S/C19H14BrCl2N3O4/c1-2-28-17(26)10-29-16-4-3-12(20)5-14(16)18(27)11-7-24-25(9-11)19-15(22)6-13(21)8-23-19/h3-9H,2,10H2,1H3. The summed E-state index contributed by atoms with van der Waals surface area (Å²) in [5.74, 6) is -0.281. The molecule has 3 rings (SSSR count). The summed E-state index contributed by atoms with van der Waals surface area (Å²) in [4.78, 5) is 28.7. The molecule has 0 saturated heterocycles. The Labute approximate surface area is 184 Å². The van der Waals surface area contributed by atoms with Crippen molar-refractivity contribution in [3.8, 4) is 11.6 Å². The van der Waals surface area contributed by atoms with Crippen LogP contribution in [0.4, 0.5) is 0 Å². The van der Waals surface area contributed by atoms with Gasteiger partial charge in [-0.3, -0.25) is 4.79 Å². The molecule has 0 fully saturated rings. The van der Waals surface area contributed by atoms with Crippen LogP contribution in [0.2, 0.25) is 10.0 Å². The van der Waals surface area contributed by atoms with E-state index in [2.05, 4.69) is 26.0 Å². The molecule has 2 aromatic heterocycles. The van der Waals surface area contributed by atoms with Crippen molar-refractivity contribution in [1.82, 2.24) is 14.8 Å². The third kappa shape index (κ3) is 5.14. The highest BCUT2D eigenvalue weighted by Crippen LogP contribution is 2.27. The topological polar surface area (TPSA) is 83.3 Å². The normalized spacial score (nSPS) is 10.6. The Morgan fingerprint density at radius 3 is 2.72 bits per heavy atom. The number of esters is 1. The minimum Gasteiger partial charge on any atom is -0.481 e. The molecule has 10 heteroatoms. The molecule has 0 amide bonds. The molecule has 0 radical (unpaired) electrons. The van der Waals surface area contributed by atoms with Crippen LogP contribution in [-0.4, -0.2) is 39.7 Å². The Kier molecular flexibility index (Phi) is 6.89. The number of halogens is 3. The molecule has 0 unspecified atom stereocenters. The zero-order chi connectivity index (χ0) is 21.0. The van der Waals surface area contributed by atoms with Gasteiger partial charge in [-0.25, -0.2) is 14.5 Å². The molecule has 0 aliphatic rings. The second-order valence-corrected chi connectivity index (χ2v) is 7.46. The fraction of sp³-hybridized carbons (Fsp3) is 0.158. The number of carbonyl (C=O) groups is 2. The Bertz CT molecular complexity index is 1070. The summed E-state index contributed by atoms with van der Waals surface area (Å²) in [6.07, 6.45) is 4.33. The first kappa shape index (κ1) is 21.3. The Balaban J connectivity index is 1.88. The number of hydrogen-bond acceptors (Lipinski definition) is 6. The van der Waals surface area contributed by atoms with Crippen molar-refractivity contribution in [3.05, 3.63) is 68.5 Å². The van der Waals surface area contributed by atoms with Gasteiger partial charge in [0.25, 0.3) is 0 Å². The quantitative estimate of drug-likeness (QED) is 0.352. The van der Waals surface area contributed by atoms with Gasteiger partial charge in [0.05, 0.1) is 34.0 Å². The predicted octanol–water partition coefficient (Wildman–Crippen LogP) is 4.51. The van der Waals surface area contributed by atoms with E-state index in [4.69, 9.17) is 32.7 Å². The van der Waals surface area contributed by atoms with Crippen LogP contribution in [0.5, 0.6) is 5.75 Å². The van der Waals surface area contributed by atoms with Gasteiger partial charge in [-0.1, -0.05) is 39.1 Å². The smallest absolute Gasteiger partial charge is 0.344 e. The third-order valence-corrected chi connectivity index (χ3v) is 4.67. The average molecular weight is 499 g/mol. The van der Waals surface area contributed by atoms with Crippen LogP contribution in [0.3, 0.4) is 0 Å². The minimum absolute atomic E-state index is 0.245. The summed E-state index contributed by atoms with van der Waals surface area (Å²) >= 11 is 15.4. The van der Waals surface area contributed by atoms with Crippen LogP contribution in [0.15, 0.2) is 47.3 Å². The summed E-state index contributed by atoms with van der Waals surface area (Å²) in [7, 11) is 0. The molecular formula is C19H14BrCl2N3O4. The number of carbonyl (C=O) groups excluding carboxylic acids is 2. The molecule has 0 aliphatic heterocycles. The molecule has 2 heterocycles. The van der Waals surface area contributed by atoms with E-state index in [0.717, 1.165) is 0 Å². The van der Waals surface area contributed by atoms with Gasteiger partial charge in [0.15, 0.2) is 18.2 Å². The van der Waals surface area contributed by atoms with Gasteiger partial charge in [0.1, 0.15) is 5.75 Å². The highest BCUT2D eigenvalue weighted by molar-refractivity contribution is 9.10. The first-order valence-electron chi connectivity index (χ1n) is 8.37. The van der Waals surface area contributed by atoms with Crippen molar-refractivity contribution in [1.29, 1.82) is 0 Å². The van der Waals surface area contributed by atoms with Crippen LogP contribution in [0.1, 0.15) is 22.8 Å². The van der Waals surface area contributed by atoms with Crippen molar-refractivity contribution < 1.29 is 19.1 Å². The summed E-state index contributed by atoms with van der Waals surface area (Å²) in [6.45, 7) is 1.64. The lowest BCUT2D eigenvalue weighted by atomic mass is 10.1. The van der Waals surface area contributed by atoms with Gasteiger partial charge in [-0.05, 0) is 31.2 Å². The molecule has 1 aromatic carbocycles. The van der Waals surface area contributed by atoms with Crippen molar-refractivity contribution >= 4 is 50.9 Å². The molecular weight excluding hydrogens is 485 g/mol. The van der Waals surface area contributed by atoms with Gasteiger partial charge >= 0.3 is 5.97 Å². The maximum Gasteiger partial charge on any atom is 0.344 e. The Morgan fingerprint density at radius 2 is 2.00 bits per heavy atom. The van der Waals surface area contributed by atoms with E-state index in [1.807, 2.05) is 0 Å². The monoisotopic (exact) mass is 497 g/mol. The largest absolute Gasteiger partial charge is 0.481 e. The maximum absolute atomic E-state index is 13.0. The molecule has 0 saturated carbocycles. The molecule has 0 spiro atoms. The van der Waals surface area contributed by atoms with Gasteiger partial charge in [-0.15, -0.1) is 0 Å². The summed E-state index contributed by atoms with van der Waals surface area (Å²) in [5.41, 5.74) is 0.551. The lowest BCUT2D eigenvalue weighted by Gasteiger charge is -2.10. The van der Waals surface area contributed by atoms with E-state index in [-0.39, 0.29) is 35.9 Å². The molecule has 3 aromatic rings. The summed E-state index contributed by atoms with van der Waals surface area (Å²) in [6, 6.07) is 6.44. The van der Waals surface area contributed by atoms with E-state index in [0.29, 0.717) is 20.3 Å². The molecule has 29 heavy (non-hydrogen) atoms. The van der Waals surface area contributed by atoms with E-state index in [1.54, 1.807) is 25.1 Å². The summed E-state index contributed by atoms with van der Waals surface area (Å²) in [5, 5.41) is 4.83. The van der Waals surface area contributed by atoms with Crippen LogP contribution in [0, 0.1) is 0 Å². The van der Waals surface area contributed by atoms with Crippen LogP contribution < -0.4 is 4.74 Å². The molecule has 7 nitrogen and oxygen atoms in total. The fourth-order valence-electron chi connectivity index (χ4n) is 2.43. The molecule has 150 valence electrons. The van der Waals surface area contributed by atoms with Crippen LogP contribution in [0.25, 0.3) is 5.82 Å². The van der Waals surface area contributed by atoms with Crippen LogP contribution in [-0.2, 0) is 9.53 Å².